The highest BCUT2D eigenvalue weighted by Gasteiger charge is 2.52. The minimum atomic E-state index is 0.903. The van der Waals surface area contributed by atoms with Crippen LogP contribution in [0.15, 0.2) is 6.20 Å². The van der Waals surface area contributed by atoms with Gasteiger partial charge in [-0.05, 0) is 37.8 Å². The van der Waals surface area contributed by atoms with Crippen molar-refractivity contribution in [2.45, 2.75) is 6.92 Å². The molecule has 1 aromatic rings. The van der Waals surface area contributed by atoms with E-state index in [0.717, 1.165) is 29.4 Å². The molecule has 2 N–H and O–H groups in total. The molecule has 2 unspecified atom stereocenters. The highest BCUT2D eigenvalue weighted by molar-refractivity contribution is 7.15. The van der Waals surface area contributed by atoms with Gasteiger partial charge in [0.1, 0.15) is 0 Å². The van der Waals surface area contributed by atoms with Crippen molar-refractivity contribution >= 4 is 16.5 Å². The Kier molecular flexibility index (Phi) is 1.99. The largest absolute Gasteiger partial charge is 0.361 e. The van der Waals surface area contributed by atoms with Crippen molar-refractivity contribution in [3.63, 3.8) is 0 Å². The summed E-state index contributed by atoms with van der Waals surface area (Å²) >= 11 is 1.75. The van der Waals surface area contributed by atoms with E-state index in [1.807, 2.05) is 6.20 Å². The predicted octanol–water partition coefficient (Wildman–Crippen LogP) is 1.33. The normalized spacial score (nSPS) is 34.2. The summed E-state index contributed by atoms with van der Waals surface area (Å²) in [5, 5.41) is 7.93. The Morgan fingerprint density at radius 2 is 2.36 bits per heavy atom. The van der Waals surface area contributed by atoms with E-state index in [1.54, 1.807) is 11.3 Å². The van der Waals surface area contributed by atoms with Crippen LogP contribution in [0.5, 0.6) is 0 Å². The van der Waals surface area contributed by atoms with Gasteiger partial charge in [0, 0.05) is 17.6 Å². The van der Waals surface area contributed by atoms with Crippen molar-refractivity contribution in [2.75, 3.05) is 25.0 Å². The fraction of sp³-hybridized carbons (Fsp3) is 0.700. The van der Waals surface area contributed by atoms with E-state index in [2.05, 4.69) is 22.5 Å². The maximum Gasteiger partial charge on any atom is 0.182 e. The molecule has 1 saturated carbocycles. The van der Waals surface area contributed by atoms with Crippen LogP contribution in [0.2, 0.25) is 0 Å². The van der Waals surface area contributed by atoms with Crippen LogP contribution < -0.4 is 10.6 Å². The molecule has 0 spiro atoms. The van der Waals surface area contributed by atoms with Crippen LogP contribution in [0.4, 0.5) is 5.13 Å². The molecule has 1 aromatic heterocycles. The number of fused-ring (bicyclic) bond motifs is 1. The lowest BCUT2D eigenvalue weighted by atomic mass is 10.3. The Morgan fingerprint density at radius 1 is 1.57 bits per heavy atom. The first-order valence-electron chi connectivity index (χ1n) is 5.21. The van der Waals surface area contributed by atoms with Gasteiger partial charge in [-0.3, -0.25) is 0 Å². The summed E-state index contributed by atoms with van der Waals surface area (Å²) in [6.07, 6.45) is 1.93. The average Bonchev–Trinajstić information content (AvgIpc) is 2.59. The Bertz CT molecular complexity index is 326. The fourth-order valence-corrected chi connectivity index (χ4v) is 3.16. The number of nitrogens with one attached hydrogen (secondary N) is 2. The molecule has 0 radical (unpaired) electrons. The van der Waals surface area contributed by atoms with Crippen molar-refractivity contribution in [1.82, 2.24) is 10.3 Å². The van der Waals surface area contributed by atoms with Gasteiger partial charge in [-0.1, -0.05) is 0 Å². The number of rotatable bonds is 3. The number of anilines is 1. The number of hydrogen-bond acceptors (Lipinski definition) is 4. The molecule has 76 valence electrons. The minimum Gasteiger partial charge on any atom is -0.361 e. The van der Waals surface area contributed by atoms with Crippen molar-refractivity contribution in [2.24, 2.45) is 17.8 Å². The topological polar surface area (TPSA) is 37.0 Å². The summed E-state index contributed by atoms with van der Waals surface area (Å²) in [6, 6.07) is 0. The standard InChI is InChI=1S/C10H15N3S/c1-6-2-12-10(14-6)13-5-9-7-3-11-4-8(7)9/h2,7-9,11H,3-5H2,1H3,(H,12,13). The molecule has 3 rings (SSSR count). The highest BCUT2D eigenvalue weighted by Crippen LogP contribution is 2.48. The minimum absolute atomic E-state index is 0.903. The van der Waals surface area contributed by atoms with Gasteiger partial charge in [-0.25, -0.2) is 4.98 Å². The van der Waals surface area contributed by atoms with E-state index < -0.39 is 0 Å². The quantitative estimate of drug-likeness (QED) is 0.788. The number of piperidine rings is 1. The monoisotopic (exact) mass is 209 g/mol. The van der Waals surface area contributed by atoms with Gasteiger partial charge in [0.2, 0.25) is 0 Å². The molecule has 3 nitrogen and oxygen atoms in total. The van der Waals surface area contributed by atoms with E-state index in [1.165, 1.54) is 18.0 Å². The van der Waals surface area contributed by atoms with Crippen LogP contribution in [0.1, 0.15) is 4.88 Å². The van der Waals surface area contributed by atoms with Gasteiger partial charge in [0.05, 0.1) is 0 Å². The molecule has 1 aliphatic carbocycles. The zero-order valence-electron chi connectivity index (χ0n) is 8.29. The summed E-state index contributed by atoms with van der Waals surface area (Å²) < 4.78 is 0. The molecule has 2 atom stereocenters. The lowest BCUT2D eigenvalue weighted by Crippen LogP contribution is -2.18. The molecule has 14 heavy (non-hydrogen) atoms. The molecule has 2 fully saturated rings. The molecule has 1 aliphatic heterocycles. The third-order valence-corrected chi connectivity index (χ3v) is 4.25. The maximum absolute atomic E-state index is 4.30. The second-order valence-corrected chi connectivity index (χ2v) is 5.54. The van der Waals surface area contributed by atoms with Crippen LogP contribution in [0, 0.1) is 24.7 Å². The molecule has 0 aromatic carbocycles. The summed E-state index contributed by atoms with van der Waals surface area (Å²) in [4.78, 5) is 5.58. The number of thiazole rings is 1. The fourth-order valence-electron chi connectivity index (χ4n) is 2.49. The number of nitrogens with zero attached hydrogens (tertiary/aromatic N) is 1. The van der Waals surface area contributed by atoms with E-state index in [4.69, 9.17) is 0 Å². The Morgan fingerprint density at radius 3 is 3.00 bits per heavy atom. The van der Waals surface area contributed by atoms with Crippen molar-refractivity contribution in [1.29, 1.82) is 0 Å². The predicted molar refractivity (Wildman–Crippen MR) is 58.7 cm³/mol. The SMILES string of the molecule is Cc1cnc(NCC2C3CNCC32)s1. The van der Waals surface area contributed by atoms with Crippen molar-refractivity contribution in [3.8, 4) is 0 Å². The first-order chi connectivity index (χ1) is 6.84. The molecule has 0 amide bonds. The Balaban J connectivity index is 1.51. The van der Waals surface area contributed by atoms with Crippen LogP contribution in [0.25, 0.3) is 0 Å². The van der Waals surface area contributed by atoms with E-state index in [-0.39, 0.29) is 0 Å². The van der Waals surface area contributed by atoms with Gasteiger partial charge in [-0.15, -0.1) is 11.3 Å². The Labute approximate surface area is 87.9 Å². The Hall–Kier alpha value is -0.610. The summed E-state index contributed by atoms with van der Waals surface area (Å²) in [7, 11) is 0. The molecule has 4 heteroatoms. The maximum atomic E-state index is 4.30. The molecular formula is C10H15N3S. The van der Waals surface area contributed by atoms with Crippen LogP contribution >= 0.6 is 11.3 Å². The lowest BCUT2D eigenvalue weighted by Gasteiger charge is -2.04. The van der Waals surface area contributed by atoms with Crippen LogP contribution in [0.3, 0.4) is 0 Å². The van der Waals surface area contributed by atoms with Gasteiger partial charge in [-0.2, -0.15) is 0 Å². The van der Waals surface area contributed by atoms with Gasteiger partial charge in [0.25, 0.3) is 0 Å². The van der Waals surface area contributed by atoms with Crippen molar-refractivity contribution in [3.05, 3.63) is 11.1 Å². The third-order valence-electron chi connectivity index (χ3n) is 3.38. The van der Waals surface area contributed by atoms with Crippen molar-refractivity contribution < 1.29 is 0 Å². The van der Waals surface area contributed by atoms with Gasteiger partial charge < -0.3 is 10.6 Å². The van der Waals surface area contributed by atoms with Gasteiger partial charge in [0.15, 0.2) is 5.13 Å². The molecule has 1 saturated heterocycles. The lowest BCUT2D eigenvalue weighted by molar-refractivity contribution is 0.615. The summed E-state index contributed by atoms with van der Waals surface area (Å²) in [5.74, 6) is 2.80. The smallest absolute Gasteiger partial charge is 0.182 e. The first-order valence-corrected chi connectivity index (χ1v) is 6.03. The highest BCUT2D eigenvalue weighted by atomic mass is 32.1. The van der Waals surface area contributed by atoms with Crippen LogP contribution in [-0.4, -0.2) is 24.6 Å². The molecule has 2 aliphatic rings. The third kappa shape index (κ3) is 1.42. The van der Waals surface area contributed by atoms with E-state index >= 15 is 0 Å². The molecule has 2 heterocycles. The van der Waals surface area contributed by atoms with E-state index in [0.29, 0.717) is 0 Å². The average molecular weight is 209 g/mol. The molecular weight excluding hydrogens is 194 g/mol. The number of aryl methyl sites for hydroxylation is 1. The first kappa shape index (κ1) is 8.68. The number of aromatic nitrogens is 1. The second-order valence-electron chi connectivity index (χ2n) is 4.31. The van der Waals surface area contributed by atoms with Gasteiger partial charge >= 0.3 is 0 Å². The summed E-state index contributed by atoms with van der Waals surface area (Å²) in [5.41, 5.74) is 0. The van der Waals surface area contributed by atoms with E-state index in [9.17, 15) is 0 Å². The summed E-state index contributed by atoms with van der Waals surface area (Å²) in [6.45, 7) is 5.67. The zero-order valence-corrected chi connectivity index (χ0v) is 9.10. The second kappa shape index (κ2) is 3.21. The molecule has 0 bridgehead atoms. The number of hydrogen-bond donors (Lipinski definition) is 2. The van der Waals surface area contributed by atoms with Crippen LogP contribution in [-0.2, 0) is 0 Å². The zero-order chi connectivity index (χ0) is 9.54.